The highest BCUT2D eigenvalue weighted by Gasteiger charge is 2.06. The number of anilines is 1. The van der Waals surface area contributed by atoms with Gasteiger partial charge in [0.2, 0.25) is 0 Å². The molecule has 4 nitrogen and oxygen atoms in total. The third kappa shape index (κ3) is 6.30. The average molecular weight is 342 g/mol. The molecule has 0 amide bonds. The van der Waals surface area contributed by atoms with Crippen molar-refractivity contribution in [1.29, 1.82) is 0 Å². The SMILES string of the molecule is C=CCOc1cccc(NC(=S)N[C@@H](C)COc2ccccc2)c1. The highest BCUT2D eigenvalue weighted by molar-refractivity contribution is 7.80. The summed E-state index contributed by atoms with van der Waals surface area (Å²) in [6, 6.07) is 17.4. The van der Waals surface area contributed by atoms with Crippen molar-refractivity contribution in [3.05, 3.63) is 67.3 Å². The van der Waals surface area contributed by atoms with Crippen molar-refractivity contribution in [2.24, 2.45) is 0 Å². The van der Waals surface area contributed by atoms with Crippen LogP contribution in [0.4, 0.5) is 5.69 Å². The molecule has 5 heteroatoms. The van der Waals surface area contributed by atoms with E-state index in [0.717, 1.165) is 17.2 Å². The molecule has 2 aromatic carbocycles. The standard InChI is InChI=1S/C19H22N2O2S/c1-3-12-22-18-11-7-8-16(13-18)21-19(24)20-15(2)14-23-17-9-5-4-6-10-17/h3-11,13,15H,1,12,14H2,2H3,(H2,20,21,24)/t15-/m0/s1. The number of ether oxygens (including phenoxy) is 2. The van der Waals surface area contributed by atoms with Crippen molar-refractivity contribution in [3.63, 3.8) is 0 Å². The lowest BCUT2D eigenvalue weighted by Gasteiger charge is -2.18. The molecule has 0 fully saturated rings. The summed E-state index contributed by atoms with van der Waals surface area (Å²) in [4.78, 5) is 0. The smallest absolute Gasteiger partial charge is 0.171 e. The van der Waals surface area contributed by atoms with Crippen LogP contribution in [-0.2, 0) is 0 Å². The Morgan fingerprint density at radius 2 is 1.88 bits per heavy atom. The third-order valence-corrected chi connectivity index (χ3v) is 3.30. The van der Waals surface area contributed by atoms with Gasteiger partial charge in [0.15, 0.2) is 5.11 Å². The Balaban J connectivity index is 1.78. The van der Waals surface area contributed by atoms with E-state index in [1.165, 1.54) is 0 Å². The summed E-state index contributed by atoms with van der Waals surface area (Å²) in [6.45, 7) is 6.64. The van der Waals surface area contributed by atoms with Gasteiger partial charge in [-0.2, -0.15) is 0 Å². The molecule has 0 saturated heterocycles. The predicted octanol–water partition coefficient (Wildman–Crippen LogP) is 4.01. The zero-order valence-electron chi connectivity index (χ0n) is 13.7. The van der Waals surface area contributed by atoms with E-state index >= 15 is 0 Å². The van der Waals surface area contributed by atoms with E-state index in [1.54, 1.807) is 6.08 Å². The predicted molar refractivity (Wildman–Crippen MR) is 103 cm³/mol. The van der Waals surface area contributed by atoms with Crippen molar-refractivity contribution in [1.82, 2.24) is 5.32 Å². The van der Waals surface area contributed by atoms with E-state index < -0.39 is 0 Å². The minimum absolute atomic E-state index is 0.0744. The monoisotopic (exact) mass is 342 g/mol. The van der Waals surface area contributed by atoms with Crippen LogP contribution in [0.3, 0.4) is 0 Å². The van der Waals surface area contributed by atoms with Crippen LogP contribution in [0.1, 0.15) is 6.92 Å². The van der Waals surface area contributed by atoms with E-state index in [0.29, 0.717) is 18.3 Å². The summed E-state index contributed by atoms with van der Waals surface area (Å²) in [5, 5.41) is 6.89. The van der Waals surface area contributed by atoms with Crippen LogP contribution < -0.4 is 20.1 Å². The summed E-state index contributed by atoms with van der Waals surface area (Å²) in [7, 11) is 0. The molecular formula is C19H22N2O2S. The minimum Gasteiger partial charge on any atom is -0.491 e. The van der Waals surface area contributed by atoms with Crippen LogP contribution in [0, 0.1) is 0 Å². The highest BCUT2D eigenvalue weighted by Crippen LogP contribution is 2.17. The average Bonchev–Trinajstić information content (AvgIpc) is 2.59. The first-order valence-corrected chi connectivity index (χ1v) is 8.17. The van der Waals surface area contributed by atoms with Crippen LogP contribution in [0.15, 0.2) is 67.3 Å². The molecule has 1 atom stereocenters. The maximum Gasteiger partial charge on any atom is 0.171 e. The maximum atomic E-state index is 5.70. The lowest BCUT2D eigenvalue weighted by molar-refractivity contribution is 0.287. The molecule has 0 spiro atoms. The number of thiocarbonyl (C=S) groups is 1. The minimum atomic E-state index is 0.0744. The first-order valence-electron chi connectivity index (χ1n) is 7.76. The quantitative estimate of drug-likeness (QED) is 0.560. The third-order valence-electron chi connectivity index (χ3n) is 3.08. The van der Waals surface area contributed by atoms with Crippen LogP contribution in [0.5, 0.6) is 11.5 Å². The van der Waals surface area contributed by atoms with Crippen LogP contribution in [-0.4, -0.2) is 24.4 Å². The van der Waals surface area contributed by atoms with Crippen LogP contribution >= 0.6 is 12.2 Å². The molecule has 2 N–H and O–H groups in total. The van der Waals surface area contributed by atoms with Gasteiger partial charge in [0.05, 0.1) is 6.04 Å². The van der Waals surface area contributed by atoms with Gasteiger partial charge in [-0.1, -0.05) is 36.9 Å². The van der Waals surface area contributed by atoms with Crippen molar-refractivity contribution in [2.75, 3.05) is 18.5 Å². The van der Waals surface area contributed by atoms with Gasteiger partial charge in [0, 0.05) is 11.8 Å². The van der Waals surface area contributed by atoms with Gasteiger partial charge in [-0.25, -0.2) is 0 Å². The van der Waals surface area contributed by atoms with Crippen molar-refractivity contribution in [2.45, 2.75) is 13.0 Å². The fourth-order valence-electron chi connectivity index (χ4n) is 1.99. The Morgan fingerprint density at radius 1 is 1.12 bits per heavy atom. The Kier molecular flexibility index (Phi) is 7.11. The van der Waals surface area contributed by atoms with Crippen molar-refractivity contribution >= 4 is 23.0 Å². The molecule has 2 rings (SSSR count). The van der Waals surface area contributed by atoms with Gasteiger partial charge in [-0.3, -0.25) is 0 Å². The Hall–Kier alpha value is -2.53. The Labute approximate surface area is 148 Å². The van der Waals surface area contributed by atoms with E-state index in [-0.39, 0.29) is 6.04 Å². The van der Waals surface area contributed by atoms with Gasteiger partial charge in [-0.15, -0.1) is 0 Å². The molecule has 2 aromatic rings. The van der Waals surface area contributed by atoms with Crippen molar-refractivity contribution in [3.8, 4) is 11.5 Å². The zero-order chi connectivity index (χ0) is 17.2. The lowest BCUT2D eigenvalue weighted by atomic mass is 10.3. The Bertz CT molecular complexity index is 661. The lowest BCUT2D eigenvalue weighted by Crippen LogP contribution is -2.39. The zero-order valence-corrected chi connectivity index (χ0v) is 14.5. The number of nitrogens with one attached hydrogen (secondary N) is 2. The largest absolute Gasteiger partial charge is 0.491 e. The molecule has 0 aliphatic carbocycles. The number of rotatable bonds is 8. The highest BCUT2D eigenvalue weighted by atomic mass is 32.1. The second-order valence-corrected chi connectivity index (χ2v) is 5.66. The van der Waals surface area contributed by atoms with E-state index in [9.17, 15) is 0 Å². The normalized spacial score (nSPS) is 11.2. The number of benzene rings is 2. The van der Waals surface area contributed by atoms with Crippen LogP contribution in [0.25, 0.3) is 0 Å². The summed E-state index contributed by atoms with van der Waals surface area (Å²) < 4.78 is 11.2. The summed E-state index contributed by atoms with van der Waals surface area (Å²) >= 11 is 5.34. The first kappa shape index (κ1) is 17.8. The molecular weight excluding hydrogens is 320 g/mol. The molecule has 0 bridgehead atoms. The van der Waals surface area contributed by atoms with Gasteiger partial charge in [0.25, 0.3) is 0 Å². The second-order valence-electron chi connectivity index (χ2n) is 5.25. The second kappa shape index (κ2) is 9.57. The van der Waals surface area contributed by atoms with E-state index in [1.807, 2.05) is 61.5 Å². The van der Waals surface area contributed by atoms with Gasteiger partial charge >= 0.3 is 0 Å². The number of hydrogen-bond acceptors (Lipinski definition) is 3. The summed E-state index contributed by atoms with van der Waals surface area (Å²) in [6.07, 6.45) is 1.71. The molecule has 24 heavy (non-hydrogen) atoms. The molecule has 0 unspecified atom stereocenters. The molecule has 0 aromatic heterocycles. The van der Waals surface area contributed by atoms with Crippen molar-refractivity contribution < 1.29 is 9.47 Å². The number of para-hydroxylation sites is 1. The van der Waals surface area contributed by atoms with E-state index in [4.69, 9.17) is 21.7 Å². The molecule has 0 saturated carbocycles. The van der Waals surface area contributed by atoms with Gasteiger partial charge < -0.3 is 20.1 Å². The Morgan fingerprint density at radius 3 is 2.62 bits per heavy atom. The summed E-state index contributed by atoms with van der Waals surface area (Å²) in [5.74, 6) is 1.61. The molecule has 126 valence electrons. The first-order chi connectivity index (χ1) is 11.7. The molecule has 0 aliphatic rings. The topological polar surface area (TPSA) is 42.5 Å². The molecule has 0 radical (unpaired) electrons. The maximum absolute atomic E-state index is 5.70. The van der Waals surface area contributed by atoms with E-state index in [2.05, 4.69) is 17.2 Å². The fraction of sp³-hybridized carbons (Fsp3) is 0.211. The molecule has 0 aliphatic heterocycles. The summed E-state index contributed by atoms with van der Waals surface area (Å²) in [5.41, 5.74) is 0.866. The van der Waals surface area contributed by atoms with Gasteiger partial charge in [0.1, 0.15) is 24.7 Å². The molecule has 0 heterocycles. The van der Waals surface area contributed by atoms with Gasteiger partial charge in [-0.05, 0) is 43.4 Å². The fourth-order valence-corrected chi connectivity index (χ4v) is 2.31. The van der Waals surface area contributed by atoms with Crippen LogP contribution in [0.2, 0.25) is 0 Å². The number of hydrogen-bond donors (Lipinski definition) is 2.